The minimum Gasteiger partial charge on any atom is -0.323 e. The Labute approximate surface area is 79.0 Å². The fourth-order valence-corrected chi connectivity index (χ4v) is 2.26. The maximum absolute atomic E-state index is 5.84. The Hall–Kier alpha value is -0.120. The Morgan fingerprint density at radius 2 is 2.45 bits per heavy atom. The van der Waals surface area contributed by atoms with E-state index in [0.29, 0.717) is 0 Å². The predicted molar refractivity (Wildman–Crippen MR) is 53.8 cm³/mol. The molecule has 0 fully saturated rings. The summed E-state index contributed by atoms with van der Waals surface area (Å²) in [6.07, 6.45) is 2.69. The zero-order chi connectivity index (χ0) is 8.27. The molecule has 0 saturated carbocycles. The first-order chi connectivity index (χ1) is 5.24. The van der Waals surface area contributed by atoms with Crippen molar-refractivity contribution in [3.8, 4) is 0 Å². The highest BCUT2D eigenvalue weighted by Gasteiger charge is 2.05. The highest BCUT2D eigenvalue weighted by Crippen LogP contribution is 2.27. The van der Waals surface area contributed by atoms with Crippen LogP contribution in [0, 0.1) is 0 Å². The Kier molecular flexibility index (Phi) is 3.30. The van der Waals surface area contributed by atoms with Crippen molar-refractivity contribution in [1.82, 2.24) is 0 Å². The molecule has 11 heavy (non-hydrogen) atoms. The lowest BCUT2D eigenvalue weighted by Crippen LogP contribution is -2.06. The van der Waals surface area contributed by atoms with Gasteiger partial charge in [-0.05, 0) is 34.5 Å². The second-order valence-electron chi connectivity index (χ2n) is 2.27. The van der Waals surface area contributed by atoms with Gasteiger partial charge in [-0.3, -0.25) is 0 Å². The molecule has 1 rings (SSSR count). The van der Waals surface area contributed by atoms with Crippen LogP contribution in [-0.2, 0) is 0 Å². The first kappa shape index (κ1) is 8.97. The van der Waals surface area contributed by atoms with Gasteiger partial charge >= 0.3 is 0 Å². The van der Waals surface area contributed by atoms with Gasteiger partial charge in [-0.15, -0.1) is 17.9 Å². The van der Waals surface area contributed by atoms with Crippen molar-refractivity contribution in [3.63, 3.8) is 0 Å². The minimum absolute atomic E-state index is 0.115. The molecule has 0 radical (unpaired) electrons. The molecule has 1 atom stereocenters. The van der Waals surface area contributed by atoms with Gasteiger partial charge in [0.25, 0.3) is 0 Å². The summed E-state index contributed by atoms with van der Waals surface area (Å²) in [7, 11) is 0. The third-order valence-electron chi connectivity index (χ3n) is 1.38. The van der Waals surface area contributed by atoms with Crippen LogP contribution in [0.1, 0.15) is 17.3 Å². The van der Waals surface area contributed by atoms with Gasteiger partial charge in [0, 0.05) is 10.9 Å². The van der Waals surface area contributed by atoms with E-state index in [2.05, 4.69) is 22.5 Å². The van der Waals surface area contributed by atoms with Crippen LogP contribution in [0.4, 0.5) is 0 Å². The van der Waals surface area contributed by atoms with E-state index in [4.69, 9.17) is 5.73 Å². The summed E-state index contributed by atoms with van der Waals surface area (Å²) in [5.41, 5.74) is 5.84. The van der Waals surface area contributed by atoms with E-state index in [-0.39, 0.29) is 6.04 Å². The lowest BCUT2D eigenvalue weighted by molar-refractivity contribution is 0.758. The highest BCUT2D eigenvalue weighted by atomic mass is 79.9. The summed E-state index contributed by atoms with van der Waals surface area (Å²) in [6, 6.07) is 4.18. The van der Waals surface area contributed by atoms with Gasteiger partial charge in [-0.2, -0.15) is 0 Å². The molecule has 1 aromatic heterocycles. The van der Waals surface area contributed by atoms with Gasteiger partial charge in [0.05, 0.1) is 3.79 Å². The van der Waals surface area contributed by atoms with Gasteiger partial charge in [0.15, 0.2) is 0 Å². The van der Waals surface area contributed by atoms with Crippen LogP contribution in [-0.4, -0.2) is 0 Å². The van der Waals surface area contributed by atoms with Crippen molar-refractivity contribution in [2.24, 2.45) is 5.73 Å². The topological polar surface area (TPSA) is 26.0 Å². The van der Waals surface area contributed by atoms with Gasteiger partial charge in [0.1, 0.15) is 0 Å². The fourth-order valence-electron chi connectivity index (χ4n) is 0.823. The van der Waals surface area contributed by atoms with E-state index in [0.717, 1.165) is 10.2 Å². The van der Waals surface area contributed by atoms with Crippen molar-refractivity contribution in [1.29, 1.82) is 0 Å². The molecule has 2 N–H and O–H groups in total. The zero-order valence-electron chi connectivity index (χ0n) is 6.09. The van der Waals surface area contributed by atoms with Crippen LogP contribution in [0.25, 0.3) is 0 Å². The lowest BCUT2D eigenvalue weighted by Gasteiger charge is -2.03. The molecule has 0 aliphatic heterocycles. The van der Waals surface area contributed by atoms with Crippen molar-refractivity contribution in [3.05, 3.63) is 33.5 Å². The van der Waals surface area contributed by atoms with Crippen molar-refractivity contribution in [2.45, 2.75) is 12.5 Å². The summed E-state index contributed by atoms with van der Waals surface area (Å²) in [5, 5.41) is 0. The van der Waals surface area contributed by atoms with E-state index < -0.39 is 0 Å². The molecule has 1 heterocycles. The van der Waals surface area contributed by atoms with Crippen molar-refractivity contribution < 1.29 is 0 Å². The Bertz CT molecular complexity index is 244. The van der Waals surface area contributed by atoms with E-state index in [1.807, 2.05) is 18.2 Å². The number of nitrogens with two attached hydrogens (primary N) is 1. The van der Waals surface area contributed by atoms with Crippen LogP contribution in [0.15, 0.2) is 28.6 Å². The van der Waals surface area contributed by atoms with E-state index >= 15 is 0 Å². The molecule has 60 valence electrons. The minimum atomic E-state index is 0.115. The van der Waals surface area contributed by atoms with Crippen molar-refractivity contribution >= 4 is 27.3 Å². The predicted octanol–water partition coefficient (Wildman–Crippen LogP) is 3.09. The molecule has 1 aromatic rings. The molecule has 0 saturated heterocycles. The Morgan fingerprint density at radius 3 is 2.91 bits per heavy atom. The average Bonchev–Trinajstić information content (AvgIpc) is 2.36. The first-order valence-electron chi connectivity index (χ1n) is 3.35. The van der Waals surface area contributed by atoms with Crippen LogP contribution in [0.2, 0.25) is 0 Å². The monoisotopic (exact) mass is 231 g/mol. The second-order valence-corrected chi connectivity index (χ2v) is 4.77. The van der Waals surface area contributed by atoms with Crippen LogP contribution in [0.5, 0.6) is 0 Å². The van der Waals surface area contributed by atoms with E-state index in [1.165, 1.54) is 4.88 Å². The smallest absolute Gasteiger partial charge is 0.0701 e. The summed E-state index contributed by atoms with van der Waals surface area (Å²) in [4.78, 5) is 1.21. The van der Waals surface area contributed by atoms with Crippen molar-refractivity contribution in [2.75, 3.05) is 0 Å². The summed E-state index contributed by atoms with van der Waals surface area (Å²) in [6.45, 7) is 3.65. The summed E-state index contributed by atoms with van der Waals surface area (Å²) < 4.78 is 1.13. The summed E-state index contributed by atoms with van der Waals surface area (Å²) in [5.74, 6) is 0. The average molecular weight is 232 g/mol. The van der Waals surface area contributed by atoms with Gasteiger partial charge < -0.3 is 5.73 Å². The molecule has 0 aromatic carbocycles. The third-order valence-corrected chi connectivity index (χ3v) is 3.14. The Balaban J connectivity index is 2.67. The van der Waals surface area contributed by atoms with Gasteiger partial charge in [0.2, 0.25) is 0 Å². The van der Waals surface area contributed by atoms with Gasteiger partial charge in [-0.25, -0.2) is 0 Å². The quantitative estimate of drug-likeness (QED) is 0.796. The molecular formula is C8H10BrNS. The third kappa shape index (κ3) is 2.43. The maximum Gasteiger partial charge on any atom is 0.0701 e. The van der Waals surface area contributed by atoms with E-state index in [9.17, 15) is 0 Å². The molecule has 0 spiro atoms. The standard InChI is InChI=1S/C8H10BrNS/c1-2-3-6(10)7-4-5-8(9)11-7/h2,4-6H,1,3,10H2/t6-/m0/s1. The fraction of sp³-hybridized carbons (Fsp3) is 0.250. The molecule has 0 bridgehead atoms. The normalized spacial score (nSPS) is 12.9. The molecule has 0 aliphatic rings. The lowest BCUT2D eigenvalue weighted by atomic mass is 10.2. The SMILES string of the molecule is C=CC[C@H](N)c1ccc(Br)s1. The Morgan fingerprint density at radius 1 is 1.73 bits per heavy atom. The van der Waals surface area contributed by atoms with Crippen LogP contribution < -0.4 is 5.73 Å². The number of hydrogen-bond acceptors (Lipinski definition) is 2. The summed E-state index contributed by atoms with van der Waals surface area (Å²) >= 11 is 5.07. The van der Waals surface area contributed by atoms with Gasteiger partial charge in [-0.1, -0.05) is 6.08 Å². The zero-order valence-corrected chi connectivity index (χ0v) is 8.49. The molecular weight excluding hydrogens is 222 g/mol. The maximum atomic E-state index is 5.84. The van der Waals surface area contributed by atoms with Crippen LogP contribution >= 0.6 is 27.3 Å². The number of hydrogen-bond donors (Lipinski definition) is 1. The molecule has 1 nitrogen and oxygen atoms in total. The molecule has 0 amide bonds. The number of rotatable bonds is 3. The number of thiophene rings is 1. The number of halogens is 1. The van der Waals surface area contributed by atoms with Crippen LogP contribution in [0.3, 0.4) is 0 Å². The second kappa shape index (κ2) is 4.04. The molecule has 0 aliphatic carbocycles. The molecule has 0 unspecified atom stereocenters. The van der Waals surface area contributed by atoms with E-state index in [1.54, 1.807) is 11.3 Å². The largest absolute Gasteiger partial charge is 0.323 e. The first-order valence-corrected chi connectivity index (χ1v) is 4.96. The molecule has 3 heteroatoms. The highest BCUT2D eigenvalue weighted by molar-refractivity contribution is 9.11.